The average Bonchev–Trinajstić information content (AvgIpc) is 3.17. The van der Waals surface area contributed by atoms with Crippen molar-refractivity contribution < 1.29 is 14.8 Å². The first kappa shape index (κ1) is 18.5. The highest BCUT2D eigenvalue weighted by Crippen LogP contribution is 2.18. The molecule has 2 aromatic heterocycles. The SMILES string of the molecule is NC(=O)c1cccc2c1nnn2-c1nccc(NCc2cccc(B(O)O)c2)n1. The Bertz CT molecular complexity index is 1200. The van der Waals surface area contributed by atoms with Gasteiger partial charge >= 0.3 is 7.12 Å². The fraction of sp³-hybridized carbons (Fsp3) is 0.0556. The molecule has 2 aromatic carbocycles. The van der Waals surface area contributed by atoms with Gasteiger partial charge in [-0.15, -0.1) is 5.10 Å². The number of amides is 1. The van der Waals surface area contributed by atoms with Crippen molar-refractivity contribution in [3.05, 3.63) is 65.9 Å². The van der Waals surface area contributed by atoms with E-state index in [0.29, 0.717) is 28.9 Å². The number of rotatable bonds is 6. The highest BCUT2D eigenvalue weighted by molar-refractivity contribution is 6.58. The lowest BCUT2D eigenvalue weighted by Crippen LogP contribution is -2.30. The Hall–Kier alpha value is -3.83. The number of nitrogens with zero attached hydrogens (tertiary/aromatic N) is 5. The van der Waals surface area contributed by atoms with E-state index in [4.69, 9.17) is 5.73 Å². The van der Waals surface area contributed by atoms with Crippen LogP contribution in [0.25, 0.3) is 17.0 Å². The molecule has 0 radical (unpaired) electrons. The second-order valence-corrected chi connectivity index (χ2v) is 6.25. The average molecular weight is 389 g/mol. The number of nitrogens with one attached hydrogen (secondary N) is 1. The van der Waals surface area contributed by atoms with Gasteiger partial charge in [-0.05, 0) is 29.2 Å². The van der Waals surface area contributed by atoms with Gasteiger partial charge in [-0.1, -0.05) is 35.5 Å². The van der Waals surface area contributed by atoms with Crippen LogP contribution in [0, 0.1) is 0 Å². The van der Waals surface area contributed by atoms with Crippen LogP contribution in [0.3, 0.4) is 0 Å². The third-order valence-corrected chi connectivity index (χ3v) is 4.30. The lowest BCUT2D eigenvalue weighted by molar-refractivity contribution is 0.100. The van der Waals surface area contributed by atoms with Crippen molar-refractivity contribution in [2.75, 3.05) is 5.32 Å². The summed E-state index contributed by atoms with van der Waals surface area (Å²) < 4.78 is 1.43. The van der Waals surface area contributed by atoms with Crippen molar-refractivity contribution in [3.63, 3.8) is 0 Å². The minimum atomic E-state index is -1.52. The van der Waals surface area contributed by atoms with Crippen LogP contribution in [0.2, 0.25) is 0 Å². The van der Waals surface area contributed by atoms with Gasteiger partial charge in [-0.25, -0.2) is 4.98 Å². The monoisotopic (exact) mass is 389 g/mol. The fourth-order valence-corrected chi connectivity index (χ4v) is 2.90. The number of hydrogen-bond donors (Lipinski definition) is 4. The molecule has 4 aromatic rings. The zero-order chi connectivity index (χ0) is 20.4. The van der Waals surface area contributed by atoms with E-state index < -0.39 is 13.0 Å². The van der Waals surface area contributed by atoms with E-state index >= 15 is 0 Å². The maximum atomic E-state index is 11.6. The quantitative estimate of drug-likeness (QED) is 0.325. The summed E-state index contributed by atoms with van der Waals surface area (Å²) in [5.74, 6) is 0.229. The van der Waals surface area contributed by atoms with Crippen molar-refractivity contribution in [1.29, 1.82) is 0 Å². The molecule has 0 atom stereocenters. The minimum Gasteiger partial charge on any atom is -0.423 e. The standard InChI is InChI=1S/C18H16BN7O3/c20-17(27)13-5-2-6-14-16(13)24-25-26(14)18-21-8-7-15(23-18)22-10-11-3-1-4-12(9-11)19(28)29/h1-9,28-29H,10H2,(H2,20,27)(H,21,22,23). The molecule has 10 nitrogen and oxygen atoms in total. The molecule has 0 saturated heterocycles. The summed E-state index contributed by atoms with van der Waals surface area (Å²) in [5.41, 5.74) is 7.86. The van der Waals surface area contributed by atoms with Crippen LogP contribution in [0.1, 0.15) is 15.9 Å². The highest BCUT2D eigenvalue weighted by Gasteiger charge is 2.15. The van der Waals surface area contributed by atoms with Crippen molar-refractivity contribution >= 4 is 35.3 Å². The molecule has 0 bridgehead atoms. The predicted molar refractivity (Wildman–Crippen MR) is 107 cm³/mol. The second-order valence-electron chi connectivity index (χ2n) is 6.25. The van der Waals surface area contributed by atoms with Crippen LogP contribution in [0.4, 0.5) is 5.82 Å². The highest BCUT2D eigenvalue weighted by atomic mass is 16.4. The first-order valence-corrected chi connectivity index (χ1v) is 8.69. The third-order valence-electron chi connectivity index (χ3n) is 4.30. The number of nitrogens with two attached hydrogens (primary N) is 1. The summed E-state index contributed by atoms with van der Waals surface area (Å²) in [5, 5.41) is 29.8. The maximum absolute atomic E-state index is 11.6. The summed E-state index contributed by atoms with van der Waals surface area (Å²) in [6.07, 6.45) is 1.57. The van der Waals surface area contributed by atoms with Gasteiger partial charge in [0.25, 0.3) is 11.9 Å². The summed E-state index contributed by atoms with van der Waals surface area (Å²) >= 11 is 0. The second kappa shape index (κ2) is 7.66. The van der Waals surface area contributed by atoms with Gasteiger partial charge in [0.2, 0.25) is 0 Å². The molecule has 5 N–H and O–H groups in total. The number of carbonyl (C=O) groups is 1. The topological polar surface area (TPSA) is 152 Å². The number of primary amides is 1. The lowest BCUT2D eigenvalue weighted by Gasteiger charge is -2.08. The first-order chi connectivity index (χ1) is 14.0. The molecule has 0 fully saturated rings. The van der Waals surface area contributed by atoms with E-state index in [2.05, 4.69) is 25.6 Å². The van der Waals surface area contributed by atoms with E-state index in [1.165, 1.54) is 4.68 Å². The molecule has 0 saturated carbocycles. The number of hydrogen-bond acceptors (Lipinski definition) is 8. The van der Waals surface area contributed by atoms with Gasteiger partial charge < -0.3 is 21.1 Å². The van der Waals surface area contributed by atoms with Crippen molar-refractivity contribution in [3.8, 4) is 5.95 Å². The molecule has 2 heterocycles. The summed E-state index contributed by atoms with van der Waals surface area (Å²) in [6, 6.07) is 13.6. The fourth-order valence-electron chi connectivity index (χ4n) is 2.90. The molecule has 0 aliphatic carbocycles. The van der Waals surface area contributed by atoms with E-state index in [-0.39, 0.29) is 11.5 Å². The van der Waals surface area contributed by atoms with Crippen LogP contribution in [-0.2, 0) is 6.54 Å². The Morgan fingerprint density at radius 1 is 1.17 bits per heavy atom. The van der Waals surface area contributed by atoms with Crippen LogP contribution >= 0.6 is 0 Å². The largest absolute Gasteiger partial charge is 0.488 e. The predicted octanol–water partition coefficient (Wildman–Crippen LogP) is -0.399. The molecule has 0 aliphatic heterocycles. The molecule has 1 amide bonds. The van der Waals surface area contributed by atoms with Gasteiger partial charge in [0.1, 0.15) is 11.3 Å². The van der Waals surface area contributed by atoms with Crippen LogP contribution in [0.15, 0.2) is 54.7 Å². The Morgan fingerprint density at radius 2 is 2.00 bits per heavy atom. The maximum Gasteiger partial charge on any atom is 0.488 e. The summed E-state index contributed by atoms with van der Waals surface area (Å²) in [4.78, 5) is 20.2. The Labute approximate surface area is 165 Å². The van der Waals surface area contributed by atoms with Gasteiger partial charge in [0.05, 0.1) is 11.1 Å². The number of carbonyl (C=O) groups excluding carboxylic acids is 1. The van der Waals surface area contributed by atoms with Gasteiger partial charge in [0, 0.05) is 12.7 Å². The number of anilines is 1. The smallest absolute Gasteiger partial charge is 0.423 e. The van der Waals surface area contributed by atoms with Crippen LogP contribution < -0.4 is 16.5 Å². The molecule has 4 rings (SSSR count). The van der Waals surface area contributed by atoms with Crippen molar-refractivity contribution in [1.82, 2.24) is 25.0 Å². The van der Waals surface area contributed by atoms with E-state index in [0.717, 1.165) is 5.56 Å². The molecular formula is C18H16BN7O3. The van der Waals surface area contributed by atoms with Gasteiger partial charge in [-0.3, -0.25) is 4.79 Å². The van der Waals surface area contributed by atoms with Gasteiger partial charge in [-0.2, -0.15) is 9.67 Å². The van der Waals surface area contributed by atoms with Gasteiger partial charge in [0.15, 0.2) is 0 Å². The zero-order valence-corrected chi connectivity index (χ0v) is 15.1. The lowest BCUT2D eigenvalue weighted by atomic mass is 9.80. The molecule has 0 aliphatic rings. The third kappa shape index (κ3) is 3.77. The van der Waals surface area contributed by atoms with E-state index in [9.17, 15) is 14.8 Å². The van der Waals surface area contributed by atoms with Crippen LogP contribution in [-0.4, -0.2) is 48.0 Å². The molecule has 11 heteroatoms. The number of aromatic nitrogens is 5. The van der Waals surface area contributed by atoms with Crippen LogP contribution in [0.5, 0.6) is 0 Å². The molecule has 29 heavy (non-hydrogen) atoms. The molecule has 0 spiro atoms. The van der Waals surface area contributed by atoms with Crippen molar-refractivity contribution in [2.24, 2.45) is 5.73 Å². The normalized spacial score (nSPS) is 10.8. The minimum absolute atomic E-state index is 0.272. The Morgan fingerprint density at radius 3 is 2.79 bits per heavy atom. The zero-order valence-electron chi connectivity index (χ0n) is 15.1. The Kier molecular flexibility index (Phi) is 4.89. The van der Waals surface area contributed by atoms with E-state index in [1.807, 2.05) is 6.07 Å². The first-order valence-electron chi connectivity index (χ1n) is 8.69. The summed E-state index contributed by atoms with van der Waals surface area (Å²) in [7, 11) is -1.52. The number of benzene rings is 2. The molecule has 0 unspecified atom stereocenters. The number of fused-ring (bicyclic) bond motifs is 1. The molecule has 144 valence electrons. The van der Waals surface area contributed by atoms with E-state index in [1.54, 1.807) is 48.7 Å². The van der Waals surface area contributed by atoms with Crippen molar-refractivity contribution in [2.45, 2.75) is 6.54 Å². The summed E-state index contributed by atoms with van der Waals surface area (Å²) in [6.45, 7) is 0.418. The molecular weight excluding hydrogens is 373 g/mol. The Balaban J connectivity index is 1.60.